The highest BCUT2D eigenvalue weighted by Crippen LogP contribution is 2.51. The molecule has 0 radical (unpaired) electrons. The van der Waals surface area contributed by atoms with Crippen LogP contribution in [0, 0.1) is 5.41 Å². The van der Waals surface area contributed by atoms with Crippen molar-refractivity contribution in [3.05, 3.63) is 68.6 Å². The number of nitrogens with one attached hydrogen (secondary N) is 2. The highest BCUT2D eigenvalue weighted by atomic mass is 79.9. The summed E-state index contributed by atoms with van der Waals surface area (Å²) < 4.78 is 1.72. The van der Waals surface area contributed by atoms with Crippen LogP contribution >= 0.6 is 44.1 Å². The highest BCUT2D eigenvalue weighted by Gasteiger charge is 2.66. The van der Waals surface area contributed by atoms with E-state index in [0.29, 0.717) is 16.2 Å². The Bertz CT molecular complexity index is 1010. The fourth-order valence-electron chi connectivity index (χ4n) is 4.24. The number of imide groups is 2. The average molecular weight is 566 g/mol. The summed E-state index contributed by atoms with van der Waals surface area (Å²) in [5.41, 5.74) is -0.277. The minimum Gasteiger partial charge on any atom is -0.354 e. The van der Waals surface area contributed by atoms with Gasteiger partial charge in [-0.05, 0) is 47.6 Å². The first kappa shape index (κ1) is 21.9. The van der Waals surface area contributed by atoms with Gasteiger partial charge in [0.05, 0.1) is 12.1 Å². The van der Waals surface area contributed by atoms with E-state index in [4.69, 9.17) is 12.2 Å². The van der Waals surface area contributed by atoms with Crippen molar-refractivity contribution >= 4 is 67.0 Å². The van der Waals surface area contributed by atoms with Gasteiger partial charge >= 0.3 is 6.03 Å². The molecule has 2 aromatic carbocycles. The zero-order chi connectivity index (χ0) is 22.5. The molecule has 0 saturated carbocycles. The lowest BCUT2D eigenvalue weighted by atomic mass is 9.65. The number of thiocarbonyl (C=S) groups is 1. The highest BCUT2D eigenvalue weighted by molar-refractivity contribution is 9.10. The molecule has 0 aromatic heterocycles. The van der Waals surface area contributed by atoms with E-state index >= 15 is 0 Å². The van der Waals surface area contributed by atoms with E-state index in [2.05, 4.69) is 42.5 Å². The fourth-order valence-corrected chi connectivity index (χ4v) is 5.00. The molecule has 1 spiro atoms. The molecule has 2 fully saturated rings. The van der Waals surface area contributed by atoms with Gasteiger partial charge in [-0.2, -0.15) is 0 Å². The maximum absolute atomic E-state index is 13.8. The number of amides is 4. The molecule has 7 nitrogen and oxygen atoms in total. The standard InChI is InChI=1S/C21H18Br2N4O3S/c1-26-17(28)21(18(29)27(2)20(26)30)15(11-3-7-13(22)8-4-11)24-19(31)25-16(21)12-5-9-14(23)10-6-12/h3-10,15-16H,1-2H3,(H2,24,25,31). The average Bonchev–Trinajstić information content (AvgIpc) is 2.76. The number of barbiturate groups is 1. The minimum atomic E-state index is -1.68. The summed E-state index contributed by atoms with van der Waals surface area (Å²) in [4.78, 5) is 42.1. The van der Waals surface area contributed by atoms with Gasteiger partial charge in [-0.15, -0.1) is 0 Å². The number of halogens is 2. The van der Waals surface area contributed by atoms with E-state index in [1.165, 1.54) is 14.1 Å². The molecular weight excluding hydrogens is 548 g/mol. The summed E-state index contributed by atoms with van der Waals surface area (Å²) in [6.07, 6.45) is 0. The molecule has 2 aromatic rings. The quantitative estimate of drug-likeness (QED) is 0.428. The van der Waals surface area contributed by atoms with E-state index in [-0.39, 0.29) is 0 Å². The number of rotatable bonds is 2. The Balaban J connectivity index is 1.99. The van der Waals surface area contributed by atoms with E-state index < -0.39 is 35.3 Å². The topological polar surface area (TPSA) is 81.8 Å². The van der Waals surface area contributed by atoms with E-state index in [1.807, 2.05) is 48.5 Å². The Morgan fingerprint density at radius 3 is 1.48 bits per heavy atom. The zero-order valence-electron chi connectivity index (χ0n) is 16.6. The van der Waals surface area contributed by atoms with Crippen molar-refractivity contribution in [2.75, 3.05) is 14.1 Å². The van der Waals surface area contributed by atoms with Crippen molar-refractivity contribution in [2.45, 2.75) is 12.1 Å². The molecule has 0 aliphatic carbocycles. The van der Waals surface area contributed by atoms with Gasteiger partial charge in [0.2, 0.25) is 0 Å². The molecule has 2 aliphatic rings. The summed E-state index contributed by atoms with van der Waals surface area (Å²) in [7, 11) is 2.78. The van der Waals surface area contributed by atoms with Crippen molar-refractivity contribution in [3.63, 3.8) is 0 Å². The monoisotopic (exact) mass is 564 g/mol. The van der Waals surface area contributed by atoms with Gasteiger partial charge in [-0.3, -0.25) is 19.4 Å². The first-order chi connectivity index (χ1) is 14.7. The number of carbonyl (C=O) groups is 3. The van der Waals surface area contributed by atoms with Crippen LogP contribution in [0.25, 0.3) is 0 Å². The van der Waals surface area contributed by atoms with Gasteiger partial charge in [0.1, 0.15) is 0 Å². The summed E-state index contributed by atoms with van der Waals surface area (Å²) in [5, 5.41) is 6.57. The van der Waals surface area contributed by atoms with Crippen molar-refractivity contribution in [1.29, 1.82) is 0 Å². The molecule has 10 heteroatoms. The van der Waals surface area contributed by atoms with Crippen LogP contribution in [0.5, 0.6) is 0 Å². The Labute approximate surface area is 201 Å². The number of urea groups is 1. The van der Waals surface area contributed by atoms with E-state index in [0.717, 1.165) is 18.7 Å². The zero-order valence-corrected chi connectivity index (χ0v) is 20.5. The van der Waals surface area contributed by atoms with Crippen molar-refractivity contribution in [1.82, 2.24) is 20.4 Å². The molecule has 2 heterocycles. The van der Waals surface area contributed by atoms with Gasteiger partial charge in [-0.1, -0.05) is 56.1 Å². The van der Waals surface area contributed by atoms with Crippen molar-refractivity contribution in [2.24, 2.45) is 5.41 Å². The summed E-state index contributed by atoms with van der Waals surface area (Å²) in [5.74, 6) is -1.19. The van der Waals surface area contributed by atoms with Crippen molar-refractivity contribution < 1.29 is 14.4 Å². The number of nitrogens with zero attached hydrogens (tertiary/aromatic N) is 2. The van der Waals surface area contributed by atoms with Crippen LogP contribution in [0.15, 0.2) is 57.5 Å². The third-order valence-electron chi connectivity index (χ3n) is 5.76. The Morgan fingerprint density at radius 2 is 1.13 bits per heavy atom. The summed E-state index contributed by atoms with van der Waals surface area (Å²) >= 11 is 12.3. The number of carbonyl (C=O) groups excluding carboxylic acids is 3. The number of hydrogen-bond acceptors (Lipinski definition) is 4. The fraction of sp³-hybridized carbons (Fsp3) is 0.238. The van der Waals surface area contributed by atoms with Crippen LogP contribution in [0.2, 0.25) is 0 Å². The molecular formula is C21H18Br2N4O3S. The number of hydrogen-bond donors (Lipinski definition) is 2. The van der Waals surface area contributed by atoms with Crippen LogP contribution in [0.3, 0.4) is 0 Å². The van der Waals surface area contributed by atoms with E-state index in [1.54, 1.807) is 0 Å². The third kappa shape index (κ3) is 3.37. The van der Waals surface area contributed by atoms with Gasteiger partial charge < -0.3 is 10.6 Å². The SMILES string of the molecule is CN1C(=O)N(C)C(=O)C2(C1=O)C(c1ccc(Br)cc1)NC(=S)NC2c1ccc(Br)cc1. The lowest BCUT2D eigenvalue weighted by molar-refractivity contribution is -0.163. The second-order valence-electron chi connectivity index (χ2n) is 7.47. The Kier molecular flexibility index (Phi) is 5.65. The van der Waals surface area contributed by atoms with Crippen molar-refractivity contribution in [3.8, 4) is 0 Å². The van der Waals surface area contributed by atoms with Crippen LogP contribution in [0.1, 0.15) is 23.2 Å². The predicted molar refractivity (Wildman–Crippen MR) is 126 cm³/mol. The Morgan fingerprint density at radius 1 is 0.774 bits per heavy atom. The molecule has 31 heavy (non-hydrogen) atoms. The van der Waals surface area contributed by atoms with Crippen LogP contribution < -0.4 is 10.6 Å². The maximum atomic E-state index is 13.8. The van der Waals surface area contributed by atoms with Gasteiger partial charge in [0, 0.05) is 23.0 Å². The lowest BCUT2D eigenvalue weighted by Crippen LogP contribution is -2.73. The van der Waals surface area contributed by atoms with Crippen LogP contribution in [0.4, 0.5) is 4.79 Å². The van der Waals surface area contributed by atoms with Gasteiger partial charge in [0.15, 0.2) is 10.5 Å². The van der Waals surface area contributed by atoms with Gasteiger partial charge in [0.25, 0.3) is 11.8 Å². The molecule has 2 N–H and O–H groups in total. The summed E-state index contributed by atoms with van der Waals surface area (Å²) in [6, 6.07) is 12.4. The molecule has 4 amide bonds. The molecule has 2 atom stereocenters. The predicted octanol–water partition coefficient (Wildman–Crippen LogP) is 3.51. The molecule has 2 aliphatic heterocycles. The lowest BCUT2D eigenvalue weighted by Gasteiger charge is -2.52. The third-order valence-corrected chi connectivity index (χ3v) is 7.05. The largest absolute Gasteiger partial charge is 0.354 e. The second-order valence-corrected chi connectivity index (χ2v) is 9.71. The Hall–Kier alpha value is -2.30. The molecule has 160 valence electrons. The maximum Gasteiger partial charge on any atom is 0.332 e. The first-order valence-corrected chi connectivity index (χ1v) is 11.4. The number of benzene rings is 2. The molecule has 2 unspecified atom stereocenters. The molecule has 0 bridgehead atoms. The molecule has 2 saturated heterocycles. The minimum absolute atomic E-state index is 0.314. The second kappa shape index (κ2) is 7.99. The van der Waals surface area contributed by atoms with Gasteiger partial charge in [-0.25, -0.2) is 4.79 Å². The van der Waals surface area contributed by atoms with E-state index in [9.17, 15) is 14.4 Å². The molecule has 4 rings (SSSR count). The smallest absolute Gasteiger partial charge is 0.332 e. The van der Waals surface area contributed by atoms with Crippen LogP contribution in [-0.2, 0) is 9.59 Å². The first-order valence-electron chi connectivity index (χ1n) is 9.36. The van der Waals surface area contributed by atoms with Crippen LogP contribution in [-0.4, -0.2) is 46.9 Å². The summed E-state index contributed by atoms with van der Waals surface area (Å²) in [6.45, 7) is 0. The normalized spacial score (nSPS) is 23.1.